The lowest BCUT2D eigenvalue weighted by atomic mass is 10.1. The first-order chi connectivity index (χ1) is 9.19. The van der Waals surface area contributed by atoms with E-state index in [2.05, 4.69) is 5.43 Å². The van der Waals surface area contributed by atoms with E-state index in [1.165, 1.54) is 12.1 Å². The molecule has 3 N–H and O–H groups in total. The topological polar surface area (TPSA) is 67.6 Å². The maximum absolute atomic E-state index is 13.6. The number of nitrogen functional groups attached to an aromatic ring is 1. The molecular weight excluding hydrogens is 249 g/mol. The first kappa shape index (κ1) is 13.8. The van der Waals surface area contributed by atoms with Crippen molar-refractivity contribution >= 4 is 11.6 Å². The molecule has 1 amide bonds. The van der Waals surface area contributed by atoms with E-state index in [9.17, 15) is 9.18 Å². The fraction of sp³-hybridized carbons (Fsp3) is 0.462. The number of nitrogens with one attached hydrogen (secondary N) is 1. The van der Waals surface area contributed by atoms with Crippen LogP contribution in [0.3, 0.4) is 0 Å². The highest BCUT2D eigenvalue weighted by atomic mass is 19.1. The Morgan fingerprint density at radius 3 is 2.89 bits per heavy atom. The largest absolute Gasteiger partial charge is 0.383 e. The van der Waals surface area contributed by atoms with Crippen LogP contribution in [-0.2, 0) is 4.74 Å². The van der Waals surface area contributed by atoms with E-state index in [1.807, 2.05) is 0 Å². The van der Waals surface area contributed by atoms with Crippen molar-refractivity contribution in [2.24, 2.45) is 5.84 Å². The van der Waals surface area contributed by atoms with Gasteiger partial charge < -0.3 is 15.1 Å². The van der Waals surface area contributed by atoms with E-state index in [1.54, 1.807) is 18.1 Å². The van der Waals surface area contributed by atoms with E-state index in [0.29, 0.717) is 13.2 Å². The molecule has 19 heavy (non-hydrogen) atoms. The first-order valence-electron chi connectivity index (χ1n) is 6.24. The van der Waals surface area contributed by atoms with Gasteiger partial charge in [0.1, 0.15) is 5.82 Å². The van der Waals surface area contributed by atoms with Gasteiger partial charge in [0.25, 0.3) is 5.91 Å². The second-order valence-electron chi connectivity index (χ2n) is 4.53. The van der Waals surface area contributed by atoms with Gasteiger partial charge in [-0.2, -0.15) is 0 Å². The monoisotopic (exact) mass is 267 g/mol. The number of hydrogen-bond donors (Lipinski definition) is 2. The number of carbonyl (C=O) groups is 1. The molecule has 104 valence electrons. The fourth-order valence-corrected chi connectivity index (χ4v) is 2.03. The highest BCUT2D eigenvalue weighted by Gasteiger charge is 2.33. The molecule has 0 aromatic heterocycles. The van der Waals surface area contributed by atoms with E-state index in [0.717, 1.165) is 12.8 Å². The van der Waals surface area contributed by atoms with Crippen LogP contribution < -0.4 is 11.3 Å². The lowest BCUT2D eigenvalue weighted by Gasteiger charge is -2.23. The number of benzene rings is 1. The van der Waals surface area contributed by atoms with E-state index >= 15 is 0 Å². The molecule has 0 unspecified atom stereocenters. The molecular formula is C13H18FN3O2. The molecule has 0 spiro atoms. The van der Waals surface area contributed by atoms with Crippen LogP contribution in [0.1, 0.15) is 23.2 Å². The summed E-state index contributed by atoms with van der Waals surface area (Å²) in [5.41, 5.74) is 2.55. The summed E-state index contributed by atoms with van der Waals surface area (Å²) < 4.78 is 18.6. The molecule has 1 fully saturated rings. The molecule has 0 atom stereocenters. The molecule has 0 aliphatic heterocycles. The molecule has 1 aliphatic carbocycles. The van der Waals surface area contributed by atoms with Crippen LogP contribution in [0.25, 0.3) is 0 Å². The number of para-hydroxylation sites is 1. The number of hydrogen-bond acceptors (Lipinski definition) is 4. The van der Waals surface area contributed by atoms with Crippen LogP contribution in [0.5, 0.6) is 0 Å². The normalized spacial score (nSPS) is 14.3. The number of anilines is 1. The second-order valence-corrected chi connectivity index (χ2v) is 4.53. The van der Waals surface area contributed by atoms with Gasteiger partial charge in [-0.1, -0.05) is 6.07 Å². The Balaban J connectivity index is 2.23. The van der Waals surface area contributed by atoms with Crippen LogP contribution >= 0.6 is 0 Å². The van der Waals surface area contributed by atoms with Gasteiger partial charge in [-0.05, 0) is 25.0 Å². The summed E-state index contributed by atoms with van der Waals surface area (Å²) in [6.07, 6.45) is 1.96. The van der Waals surface area contributed by atoms with Gasteiger partial charge in [0.15, 0.2) is 0 Å². The Morgan fingerprint density at radius 2 is 2.32 bits per heavy atom. The first-order valence-corrected chi connectivity index (χ1v) is 6.24. The quantitative estimate of drug-likeness (QED) is 0.603. The lowest BCUT2D eigenvalue weighted by Crippen LogP contribution is -2.36. The second kappa shape index (κ2) is 5.99. The van der Waals surface area contributed by atoms with Crippen molar-refractivity contribution in [3.8, 4) is 0 Å². The number of methoxy groups -OCH3 is 1. The molecule has 0 heterocycles. The van der Waals surface area contributed by atoms with Crippen LogP contribution in [0.4, 0.5) is 10.1 Å². The molecule has 0 bridgehead atoms. The maximum atomic E-state index is 13.6. The summed E-state index contributed by atoms with van der Waals surface area (Å²) in [6.45, 7) is 0.962. The Kier molecular flexibility index (Phi) is 4.34. The average Bonchev–Trinajstić information content (AvgIpc) is 3.23. The smallest absolute Gasteiger partial charge is 0.256 e. The summed E-state index contributed by atoms with van der Waals surface area (Å²) >= 11 is 0. The van der Waals surface area contributed by atoms with Crippen molar-refractivity contribution in [2.45, 2.75) is 18.9 Å². The van der Waals surface area contributed by atoms with Crippen molar-refractivity contribution < 1.29 is 13.9 Å². The third-order valence-corrected chi connectivity index (χ3v) is 3.17. The highest BCUT2D eigenvalue weighted by molar-refractivity contribution is 6.00. The molecule has 1 aromatic rings. The zero-order valence-corrected chi connectivity index (χ0v) is 10.9. The Labute approximate surface area is 111 Å². The Morgan fingerprint density at radius 1 is 1.58 bits per heavy atom. The van der Waals surface area contributed by atoms with Crippen molar-refractivity contribution in [2.75, 3.05) is 25.7 Å². The van der Waals surface area contributed by atoms with Gasteiger partial charge in [-0.25, -0.2) is 4.39 Å². The van der Waals surface area contributed by atoms with Crippen LogP contribution in [0, 0.1) is 5.82 Å². The molecule has 6 heteroatoms. The lowest BCUT2D eigenvalue weighted by molar-refractivity contribution is 0.0680. The number of nitrogens with zero attached hydrogens (tertiary/aromatic N) is 1. The minimum Gasteiger partial charge on any atom is -0.383 e. The third-order valence-electron chi connectivity index (χ3n) is 3.17. The number of amides is 1. The number of ether oxygens (including phenoxy) is 1. The van der Waals surface area contributed by atoms with Gasteiger partial charge in [0, 0.05) is 19.7 Å². The third kappa shape index (κ3) is 3.02. The number of nitrogens with two attached hydrogens (primary N) is 1. The minimum atomic E-state index is -0.532. The predicted octanol–water partition coefficient (Wildman–Crippen LogP) is 1.36. The van der Waals surface area contributed by atoms with Gasteiger partial charge in [-0.15, -0.1) is 0 Å². The molecule has 1 aliphatic rings. The summed E-state index contributed by atoms with van der Waals surface area (Å²) in [7, 11) is 1.59. The summed E-state index contributed by atoms with van der Waals surface area (Å²) in [5, 5.41) is 0. The van der Waals surface area contributed by atoms with Gasteiger partial charge in [0.05, 0.1) is 17.9 Å². The van der Waals surface area contributed by atoms with Gasteiger partial charge in [0.2, 0.25) is 0 Å². The highest BCUT2D eigenvalue weighted by Crippen LogP contribution is 2.30. The molecule has 0 saturated heterocycles. The van der Waals surface area contributed by atoms with Crippen molar-refractivity contribution in [1.29, 1.82) is 0 Å². The number of hydrazine groups is 1. The zero-order chi connectivity index (χ0) is 13.8. The number of carbonyl (C=O) groups excluding carboxylic acids is 1. The molecule has 2 rings (SSSR count). The number of rotatable bonds is 6. The Hall–Kier alpha value is -1.66. The summed E-state index contributed by atoms with van der Waals surface area (Å²) in [5.74, 6) is 4.55. The van der Waals surface area contributed by atoms with Crippen molar-refractivity contribution in [1.82, 2.24) is 4.90 Å². The zero-order valence-electron chi connectivity index (χ0n) is 10.9. The van der Waals surface area contributed by atoms with E-state index in [-0.39, 0.29) is 23.2 Å². The standard InChI is InChI=1S/C13H18FN3O2/c1-19-8-7-17(9-5-6-9)13(18)10-3-2-4-11(14)12(10)16-15/h2-4,9,16H,5-8,15H2,1H3. The van der Waals surface area contributed by atoms with Gasteiger partial charge in [-0.3, -0.25) is 10.6 Å². The molecule has 1 saturated carbocycles. The van der Waals surface area contributed by atoms with Gasteiger partial charge >= 0.3 is 0 Å². The number of halogens is 1. The Bertz CT molecular complexity index is 463. The van der Waals surface area contributed by atoms with Crippen molar-refractivity contribution in [3.63, 3.8) is 0 Å². The molecule has 1 aromatic carbocycles. The SMILES string of the molecule is COCCN(C(=O)c1cccc(F)c1NN)C1CC1. The average molecular weight is 267 g/mol. The predicted molar refractivity (Wildman–Crippen MR) is 70.1 cm³/mol. The van der Waals surface area contributed by atoms with Crippen molar-refractivity contribution in [3.05, 3.63) is 29.6 Å². The van der Waals surface area contributed by atoms with Crippen LogP contribution in [0.2, 0.25) is 0 Å². The maximum Gasteiger partial charge on any atom is 0.256 e. The fourth-order valence-electron chi connectivity index (χ4n) is 2.03. The van der Waals surface area contributed by atoms with Crippen LogP contribution in [0.15, 0.2) is 18.2 Å². The molecule has 0 radical (unpaired) electrons. The molecule has 5 nitrogen and oxygen atoms in total. The van der Waals surface area contributed by atoms with E-state index < -0.39 is 5.82 Å². The summed E-state index contributed by atoms with van der Waals surface area (Å²) in [4.78, 5) is 14.2. The summed E-state index contributed by atoms with van der Waals surface area (Å²) in [6, 6.07) is 4.58. The van der Waals surface area contributed by atoms with E-state index in [4.69, 9.17) is 10.6 Å². The minimum absolute atomic E-state index is 0.0376. The van der Waals surface area contributed by atoms with Crippen LogP contribution in [-0.4, -0.2) is 37.1 Å².